The number of pyridine rings is 2. The summed E-state index contributed by atoms with van der Waals surface area (Å²) in [4.78, 5) is 23.2. The van der Waals surface area contributed by atoms with Crippen LogP contribution in [-0.4, -0.2) is 42.1 Å². The Morgan fingerprint density at radius 2 is 1.94 bits per heavy atom. The number of amides is 1. The van der Waals surface area contributed by atoms with Gasteiger partial charge in [0.15, 0.2) is 11.6 Å². The summed E-state index contributed by atoms with van der Waals surface area (Å²) in [6, 6.07) is 12.2. The van der Waals surface area contributed by atoms with E-state index < -0.39 is 11.7 Å². The van der Waals surface area contributed by atoms with Crippen LogP contribution < -0.4 is 15.0 Å². The minimum atomic E-state index is -0.647. The van der Waals surface area contributed by atoms with Crippen LogP contribution in [0.2, 0.25) is 5.02 Å². The molecule has 1 N–H and O–H groups in total. The Morgan fingerprint density at radius 1 is 1.15 bits per heavy atom. The lowest BCUT2D eigenvalue weighted by molar-refractivity contribution is 0.0939. The van der Waals surface area contributed by atoms with Crippen LogP contribution in [0.5, 0.6) is 5.75 Å². The first-order valence-corrected chi connectivity index (χ1v) is 11.4. The van der Waals surface area contributed by atoms with E-state index >= 15 is 0 Å². The number of benzene rings is 1. The Bertz CT molecular complexity index is 1060. The van der Waals surface area contributed by atoms with E-state index in [9.17, 15) is 9.18 Å². The molecule has 3 heterocycles. The smallest absolute Gasteiger partial charge is 0.254 e. The number of carbonyl (C=O) groups is 1. The minimum Gasteiger partial charge on any atom is -0.490 e. The zero-order valence-electron chi connectivity index (χ0n) is 18.2. The van der Waals surface area contributed by atoms with Crippen molar-refractivity contribution in [3.63, 3.8) is 0 Å². The standard InChI is InChI=1S/C25H26ClFN4O2/c26-19-4-5-20(29-17-19)10-15-33-23-3-1-2-22(24(23)27)25(32)30-16-18-8-13-31(14-9-18)21-6-11-28-12-7-21/h1-7,11-12,17-18H,8-10,13-16H2,(H,30,32). The molecular formula is C25H26ClFN4O2. The van der Waals surface area contributed by atoms with E-state index in [1.54, 1.807) is 36.8 Å². The van der Waals surface area contributed by atoms with Gasteiger partial charge in [0.25, 0.3) is 5.91 Å². The maximum absolute atomic E-state index is 14.9. The monoisotopic (exact) mass is 468 g/mol. The molecular weight excluding hydrogens is 443 g/mol. The molecule has 2 aromatic heterocycles. The molecule has 1 aromatic carbocycles. The number of hydrogen-bond donors (Lipinski definition) is 1. The van der Waals surface area contributed by atoms with Crippen molar-refractivity contribution in [2.24, 2.45) is 5.92 Å². The molecule has 0 spiro atoms. The van der Waals surface area contributed by atoms with Crippen molar-refractivity contribution in [1.82, 2.24) is 15.3 Å². The zero-order chi connectivity index (χ0) is 23.0. The Labute approximate surface area is 197 Å². The highest BCUT2D eigenvalue weighted by molar-refractivity contribution is 6.30. The normalized spacial score (nSPS) is 14.2. The second-order valence-corrected chi connectivity index (χ2v) is 8.47. The first-order valence-electron chi connectivity index (χ1n) is 11.0. The summed E-state index contributed by atoms with van der Waals surface area (Å²) < 4.78 is 20.4. The number of hydrogen-bond acceptors (Lipinski definition) is 5. The molecule has 4 rings (SSSR count). The first kappa shape index (κ1) is 23.0. The summed E-state index contributed by atoms with van der Waals surface area (Å²) in [5, 5.41) is 3.45. The molecule has 0 bridgehead atoms. The third-order valence-electron chi connectivity index (χ3n) is 5.81. The van der Waals surface area contributed by atoms with E-state index in [1.165, 1.54) is 17.8 Å². The SMILES string of the molecule is O=C(NCC1CCN(c2ccncc2)CC1)c1cccc(OCCc2ccc(Cl)cn2)c1F. The number of ether oxygens (including phenoxy) is 1. The molecule has 0 saturated carbocycles. The van der Waals surface area contributed by atoms with Crippen molar-refractivity contribution >= 4 is 23.2 Å². The number of anilines is 1. The molecule has 0 radical (unpaired) electrons. The number of nitrogens with one attached hydrogen (secondary N) is 1. The van der Waals surface area contributed by atoms with Crippen LogP contribution in [-0.2, 0) is 6.42 Å². The summed E-state index contributed by atoms with van der Waals surface area (Å²) in [6.45, 7) is 2.61. The van der Waals surface area contributed by atoms with E-state index in [0.29, 0.717) is 23.9 Å². The summed E-state index contributed by atoms with van der Waals surface area (Å²) in [5.41, 5.74) is 1.95. The number of nitrogens with zero attached hydrogens (tertiary/aromatic N) is 3. The second kappa shape index (κ2) is 11.1. The van der Waals surface area contributed by atoms with Crippen molar-refractivity contribution in [2.45, 2.75) is 19.3 Å². The summed E-state index contributed by atoms with van der Waals surface area (Å²) in [7, 11) is 0. The fourth-order valence-corrected chi connectivity index (χ4v) is 4.01. The second-order valence-electron chi connectivity index (χ2n) is 8.03. The van der Waals surface area contributed by atoms with Crippen molar-refractivity contribution < 1.29 is 13.9 Å². The largest absolute Gasteiger partial charge is 0.490 e. The van der Waals surface area contributed by atoms with Crippen LogP contribution in [0.4, 0.5) is 10.1 Å². The lowest BCUT2D eigenvalue weighted by Crippen LogP contribution is -2.38. The van der Waals surface area contributed by atoms with Gasteiger partial charge in [-0.15, -0.1) is 0 Å². The lowest BCUT2D eigenvalue weighted by atomic mass is 9.96. The van der Waals surface area contributed by atoms with Crippen molar-refractivity contribution in [2.75, 3.05) is 31.1 Å². The fourth-order valence-electron chi connectivity index (χ4n) is 3.90. The maximum atomic E-state index is 14.9. The predicted octanol–water partition coefficient (Wildman–Crippen LogP) is 4.54. The highest BCUT2D eigenvalue weighted by Crippen LogP contribution is 2.23. The quantitative estimate of drug-likeness (QED) is 0.526. The van der Waals surface area contributed by atoms with Gasteiger partial charge in [0.05, 0.1) is 17.2 Å². The van der Waals surface area contributed by atoms with Crippen molar-refractivity contribution in [3.8, 4) is 5.75 Å². The topological polar surface area (TPSA) is 67.4 Å². The number of carbonyl (C=O) groups excluding carboxylic acids is 1. The van der Waals surface area contributed by atoms with E-state index in [1.807, 2.05) is 12.1 Å². The van der Waals surface area contributed by atoms with Crippen LogP contribution in [0.3, 0.4) is 0 Å². The van der Waals surface area contributed by atoms with Gasteiger partial charge in [-0.25, -0.2) is 4.39 Å². The Kier molecular flexibility index (Phi) is 7.73. The molecule has 8 heteroatoms. The van der Waals surface area contributed by atoms with Crippen molar-refractivity contribution in [3.05, 3.63) is 83.2 Å². The molecule has 0 atom stereocenters. The highest BCUT2D eigenvalue weighted by Gasteiger charge is 2.21. The molecule has 33 heavy (non-hydrogen) atoms. The van der Waals surface area contributed by atoms with Crippen LogP contribution in [0.25, 0.3) is 0 Å². The van der Waals surface area contributed by atoms with Gasteiger partial charge < -0.3 is 15.0 Å². The van der Waals surface area contributed by atoms with Crippen LogP contribution >= 0.6 is 11.6 Å². The van der Waals surface area contributed by atoms with Gasteiger partial charge in [-0.3, -0.25) is 14.8 Å². The fraction of sp³-hybridized carbons (Fsp3) is 0.320. The molecule has 172 valence electrons. The number of rotatable bonds is 8. The van der Waals surface area contributed by atoms with Gasteiger partial charge in [0, 0.05) is 56.0 Å². The van der Waals surface area contributed by atoms with Gasteiger partial charge >= 0.3 is 0 Å². The van der Waals surface area contributed by atoms with Crippen LogP contribution in [0, 0.1) is 11.7 Å². The lowest BCUT2D eigenvalue weighted by Gasteiger charge is -2.33. The zero-order valence-corrected chi connectivity index (χ0v) is 19.0. The van der Waals surface area contributed by atoms with E-state index in [-0.39, 0.29) is 17.9 Å². The molecule has 6 nitrogen and oxygen atoms in total. The van der Waals surface area contributed by atoms with E-state index in [0.717, 1.165) is 31.6 Å². The molecule has 1 fully saturated rings. The van der Waals surface area contributed by atoms with Gasteiger partial charge in [-0.1, -0.05) is 17.7 Å². The molecule has 0 aliphatic carbocycles. The number of aromatic nitrogens is 2. The maximum Gasteiger partial charge on any atom is 0.254 e. The first-order chi connectivity index (χ1) is 16.1. The molecule has 1 aliphatic rings. The Morgan fingerprint density at radius 3 is 2.67 bits per heavy atom. The van der Waals surface area contributed by atoms with E-state index in [2.05, 4.69) is 20.2 Å². The van der Waals surface area contributed by atoms with Gasteiger partial charge in [-0.2, -0.15) is 0 Å². The van der Waals surface area contributed by atoms with Crippen molar-refractivity contribution in [1.29, 1.82) is 0 Å². The van der Waals surface area contributed by atoms with Gasteiger partial charge in [0.2, 0.25) is 0 Å². The van der Waals surface area contributed by atoms with Gasteiger partial charge in [-0.05, 0) is 55.2 Å². The van der Waals surface area contributed by atoms with E-state index in [4.69, 9.17) is 16.3 Å². The molecule has 0 unspecified atom stereocenters. The highest BCUT2D eigenvalue weighted by atomic mass is 35.5. The molecule has 1 amide bonds. The summed E-state index contributed by atoms with van der Waals surface area (Å²) in [5.74, 6) is -0.649. The number of halogens is 2. The Hall–Kier alpha value is -3.19. The molecule has 3 aromatic rings. The average molecular weight is 469 g/mol. The minimum absolute atomic E-state index is 0.00802. The average Bonchev–Trinajstić information content (AvgIpc) is 2.86. The molecule has 1 aliphatic heterocycles. The third-order valence-corrected chi connectivity index (χ3v) is 6.03. The predicted molar refractivity (Wildman–Crippen MR) is 126 cm³/mol. The van der Waals surface area contributed by atoms with Crippen LogP contribution in [0.1, 0.15) is 28.9 Å². The number of piperidine rings is 1. The summed E-state index contributed by atoms with van der Waals surface area (Å²) >= 11 is 5.83. The Balaban J connectivity index is 1.26. The third kappa shape index (κ3) is 6.20. The van der Waals surface area contributed by atoms with Gasteiger partial charge in [0.1, 0.15) is 0 Å². The molecule has 1 saturated heterocycles. The summed E-state index contributed by atoms with van der Waals surface area (Å²) in [6.07, 6.45) is 7.59. The van der Waals surface area contributed by atoms with Crippen LogP contribution in [0.15, 0.2) is 61.1 Å².